The fraction of sp³-hybridized carbons (Fsp3) is 0.333. The maximum Gasteiger partial charge on any atom is 0.221 e. The van der Waals surface area contributed by atoms with E-state index in [1.54, 1.807) is 12.1 Å². The number of carbonyl (C=O) groups excluding carboxylic acids is 2. The van der Waals surface area contributed by atoms with Gasteiger partial charge in [0, 0.05) is 24.2 Å². The van der Waals surface area contributed by atoms with Crippen LogP contribution in [0, 0.1) is 5.92 Å². The largest absolute Gasteiger partial charge is 0.548 e. The zero-order chi connectivity index (χ0) is 14.3. The summed E-state index contributed by atoms with van der Waals surface area (Å²) in [5.41, 5.74) is 2.54. The average Bonchev–Trinajstić information content (AvgIpc) is 2.86. The van der Waals surface area contributed by atoms with Crippen molar-refractivity contribution in [1.29, 1.82) is 0 Å². The van der Waals surface area contributed by atoms with E-state index in [0.29, 0.717) is 0 Å². The molecular formula is C15H15N2O3-. The predicted molar refractivity (Wildman–Crippen MR) is 73.2 cm³/mol. The molecule has 5 heteroatoms. The van der Waals surface area contributed by atoms with Crippen LogP contribution in [0.4, 0.5) is 11.4 Å². The molecule has 1 aromatic carbocycles. The van der Waals surface area contributed by atoms with E-state index in [0.717, 1.165) is 23.4 Å². The lowest BCUT2D eigenvalue weighted by Gasteiger charge is -2.37. The first-order valence-electron chi connectivity index (χ1n) is 6.62. The van der Waals surface area contributed by atoms with Crippen molar-refractivity contribution in [3.05, 3.63) is 35.9 Å². The van der Waals surface area contributed by atoms with Gasteiger partial charge in [-0.15, -0.1) is 0 Å². The van der Waals surface area contributed by atoms with Crippen molar-refractivity contribution in [1.82, 2.24) is 0 Å². The quantitative estimate of drug-likeness (QED) is 0.781. The van der Waals surface area contributed by atoms with E-state index in [-0.39, 0.29) is 17.7 Å². The molecule has 104 valence electrons. The molecule has 1 aliphatic heterocycles. The number of carboxylic acid groups (broad SMARTS) is 1. The number of hydrogen-bond acceptors (Lipinski definition) is 4. The minimum Gasteiger partial charge on any atom is -0.548 e. The monoisotopic (exact) mass is 271 g/mol. The Labute approximate surface area is 116 Å². The molecular weight excluding hydrogens is 256 g/mol. The van der Waals surface area contributed by atoms with Crippen LogP contribution in [0.5, 0.6) is 0 Å². The molecule has 1 amide bonds. The molecule has 2 N–H and O–H groups in total. The second-order valence-corrected chi connectivity index (χ2v) is 5.28. The lowest BCUT2D eigenvalue weighted by Crippen LogP contribution is -2.48. The Morgan fingerprint density at radius 3 is 2.90 bits per heavy atom. The smallest absolute Gasteiger partial charge is 0.221 e. The van der Waals surface area contributed by atoms with Gasteiger partial charge in [0.1, 0.15) is 0 Å². The molecule has 1 heterocycles. The van der Waals surface area contributed by atoms with Crippen LogP contribution >= 0.6 is 0 Å². The molecule has 1 aromatic rings. The van der Waals surface area contributed by atoms with E-state index in [1.165, 1.54) is 6.92 Å². The number of nitrogens with one attached hydrogen (secondary N) is 2. The highest BCUT2D eigenvalue weighted by Crippen LogP contribution is 2.45. The molecule has 0 radical (unpaired) electrons. The number of fused-ring (bicyclic) bond motifs is 3. The number of rotatable bonds is 2. The third-order valence-corrected chi connectivity index (χ3v) is 3.94. The summed E-state index contributed by atoms with van der Waals surface area (Å²) in [5, 5.41) is 17.0. The lowest BCUT2D eigenvalue weighted by atomic mass is 9.79. The van der Waals surface area contributed by atoms with Gasteiger partial charge in [0.05, 0.1) is 12.0 Å². The maximum atomic E-state index is 11.3. The molecule has 0 saturated heterocycles. The summed E-state index contributed by atoms with van der Waals surface area (Å²) >= 11 is 0. The normalized spacial score (nSPS) is 26.4. The summed E-state index contributed by atoms with van der Waals surface area (Å²) in [6.45, 7) is 1.46. The van der Waals surface area contributed by atoms with Gasteiger partial charge in [0.25, 0.3) is 0 Å². The Morgan fingerprint density at radius 1 is 1.40 bits per heavy atom. The lowest BCUT2D eigenvalue weighted by molar-refractivity contribution is -0.308. The predicted octanol–water partition coefficient (Wildman–Crippen LogP) is 0.849. The summed E-state index contributed by atoms with van der Waals surface area (Å²) in [7, 11) is 0. The maximum absolute atomic E-state index is 11.3. The van der Waals surface area contributed by atoms with Gasteiger partial charge in [-0.05, 0) is 36.1 Å². The number of hydrogen-bond donors (Lipinski definition) is 2. The summed E-state index contributed by atoms with van der Waals surface area (Å²) < 4.78 is 0. The third kappa shape index (κ3) is 2.05. The van der Waals surface area contributed by atoms with Crippen molar-refractivity contribution in [2.45, 2.75) is 25.3 Å². The highest BCUT2D eigenvalue weighted by Gasteiger charge is 2.37. The minimum atomic E-state index is -1.07. The van der Waals surface area contributed by atoms with E-state index in [4.69, 9.17) is 0 Å². The number of aliphatic carboxylic acids is 1. The van der Waals surface area contributed by atoms with Gasteiger partial charge in [-0.25, -0.2) is 0 Å². The van der Waals surface area contributed by atoms with Crippen LogP contribution in [0.25, 0.3) is 0 Å². The molecule has 0 bridgehead atoms. The van der Waals surface area contributed by atoms with Crippen LogP contribution < -0.4 is 15.7 Å². The van der Waals surface area contributed by atoms with E-state index in [9.17, 15) is 14.7 Å². The summed E-state index contributed by atoms with van der Waals surface area (Å²) in [6.07, 6.45) is 4.77. The van der Waals surface area contributed by atoms with Gasteiger partial charge >= 0.3 is 0 Å². The SMILES string of the molecule is CC(=O)Nc1ccc2c(c1)[C@@H]1C=CC[C@@H]1[C@H](C(=O)[O-])N2. The summed E-state index contributed by atoms with van der Waals surface area (Å²) in [6, 6.07) is 4.80. The molecule has 0 unspecified atom stereocenters. The minimum absolute atomic E-state index is 0.0277. The molecule has 5 nitrogen and oxygen atoms in total. The summed E-state index contributed by atoms with van der Waals surface area (Å²) in [5.74, 6) is -1.16. The number of amides is 1. The van der Waals surface area contributed by atoms with Crippen molar-refractivity contribution in [3.8, 4) is 0 Å². The van der Waals surface area contributed by atoms with Crippen molar-refractivity contribution < 1.29 is 14.7 Å². The van der Waals surface area contributed by atoms with E-state index in [1.807, 2.05) is 18.2 Å². The fourth-order valence-corrected chi connectivity index (χ4v) is 3.11. The molecule has 3 atom stereocenters. The Kier molecular flexibility index (Phi) is 2.97. The molecule has 0 spiro atoms. The second-order valence-electron chi connectivity index (χ2n) is 5.28. The summed E-state index contributed by atoms with van der Waals surface area (Å²) in [4.78, 5) is 22.4. The molecule has 2 aliphatic rings. The standard InChI is InChI=1S/C15H16N2O3/c1-8(18)16-9-5-6-13-12(7-9)10-3-2-4-11(10)14(17-13)15(19)20/h2-3,5-7,10-11,14,17H,4H2,1H3,(H,16,18)(H,19,20)/p-1/t10-,11+,14-/m1/s1. The van der Waals surface area contributed by atoms with Crippen molar-refractivity contribution >= 4 is 23.3 Å². The average molecular weight is 271 g/mol. The number of carbonyl (C=O) groups is 2. The Bertz CT molecular complexity index is 609. The number of benzene rings is 1. The van der Waals surface area contributed by atoms with Gasteiger partial charge in [-0.2, -0.15) is 0 Å². The molecule has 0 fully saturated rings. The Balaban J connectivity index is 2.00. The highest BCUT2D eigenvalue weighted by atomic mass is 16.4. The van der Waals surface area contributed by atoms with Gasteiger partial charge in [-0.3, -0.25) is 4.79 Å². The fourth-order valence-electron chi connectivity index (χ4n) is 3.11. The van der Waals surface area contributed by atoms with Gasteiger partial charge in [-0.1, -0.05) is 12.2 Å². The first-order valence-corrected chi connectivity index (χ1v) is 6.62. The van der Waals surface area contributed by atoms with Crippen LogP contribution in [0.3, 0.4) is 0 Å². The Hall–Kier alpha value is -2.30. The second kappa shape index (κ2) is 4.67. The van der Waals surface area contributed by atoms with E-state index < -0.39 is 12.0 Å². The van der Waals surface area contributed by atoms with Gasteiger partial charge in [0.2, 0.25) is 5.91 Å². The van der Waals surface area contributed by atoms with Crippen molar-refractivity contribution in [2.75, 3.05) is 10.6 Å². The van der Waals surface area contributed by atoms with Crippen LogP contribution in [0.1, 0.15) is 24.8 Å². The van der Waals surface area contributed by atoms with Crippen LogP contribution in [-0.2, 0) is 9.59 Å². The first kappa shape index (κ1) is 12.7. The topological polar surface area (TPSA) is 81.3 Å². The zero-order valence-corrected chi connectivity index (χ0v) is 11.1. The van der Waals surface area contributed by atoms with Crippen LogP contribution in [0.15, 0.2) is 30.4 Å². The van der Waals surface area contributed by atoms with Crippen LogP contribution in [0.2, 0.25) is 0 Å². The number of carboxylic acids is 1. The van der Waals surface area contributed by atoms with Gasteiger partial charge < -0.3 is 20.5 Å². The van der Waals surface area contributed by atoms with E-state index >= 15 is 0 Å². The van der Waals surface area contributed by atoms with Crippen molar-refractivity contribution in [2.24, 2.45) is 5.92 Å². The molecule has 1 aliphatic carbocycles. The van der Waals surface area contributed by atoms with E-state index in [2.05, 4.69) is 10.6 Å². The number of allylic oxidation sites excluding steroid dienone is 2. The molecule has 0 aromatic heterocycles. The van der Waals surface area contributed by atoms with Crippen LogP contribution in [-0.4, -0.2) is 17.9 Å². The van der Waals surface area contributed by atoms with Gasteiger partial charge in [0.15, 0.2) is 0 Å². The van der Waals surface area contributed by atoms with Crippen molar-refractivity contribution in [3.63, 3.8) is 0 Å². The Morgan fingerprint density at radius 2 is 2.20 bits per heavy atom. The molecule has 3 rings (SSSR count). The molecule has 20 heavy (non-hydrogen) atoms. The first-order chi connectivity index (χ1) is 9.56. The number of anilines is 2. The third-order valence-electron chi connectivity index (χ3n) is 3.94. The zero-order valence-electron chi connectivity index (χ0n) is 11.1. The molecule has 0 saturated carbocycles. The highest BCUT2D eigenvalue weighted by molar-refractivity contribution is 5.89.